The zero-order valence-electron chi connectivity index (χ0n) is 11.5. The molecule has 0 aromatic rings. The molecule has 3 atom stereocenters. The summed E-state index contributed by atoms with van der Waals surface area (Å²) < 4.78 is 5.43. The molecule has 0 aliphatic carbocycles. The van der Waals surface area contributed by atoms with Gasteiger partial charge in [-0.1, -0.05) is 20.3 Å². The van der Waals surface area contributed by atoms with Crippen LogP contribution in [0.3, 0.4) is 0 Å². The Morgan fingerprint density at radius 2 is 2.12 bits per heavy atom. The highest BCUT2D eigenvalue weighted by Gasteiger charge is 2.39. The molecule has 1 fully saturated rings. The van der Waals surface area contributed by atoms with Gasteiger partial charge < -0.3 is 9.64 Å². The van der Waals surface area contributed by atoms with Crippen LogP contribution in [-0.4, -0.2) is 42.3 Å². The van der Waals surface area contributed by atoms with E-state index in [1.165, 1.54) is 0 Å². The van der Waals surface area contributed by atoms with Crippen molar-refractivity contribution >= 4 is 5.91 Å². The Morgan fingerprint density at radius 3 is 2.65 bits per heavy atom. The summed E-state index contributed by atoms with van der Waals surface area (Å²) in [6.07, 6.45) is 3.14. The third-order valence-electron chi connectivity index (χ3n) is 3.29. The van der Waals surface area contributed by atoms with Crippen LogP contribution < -0.4 is 5.32 Å². The number of carbonyl (C=O) groups is 1. The Kier molecular flexibility index (Phi) is 5.92. The van der Waals surface area contributed by atoms with E-state index in [-0.39, 0.29) is 24.2 Å². The van der Waals surface area contributed by atoms with Crippen molar-refractivity contribution in [1.82, 2.24) is 10.2 Å². The number of ether oxygens (including phenoxy) is 1. The van der Waals surface area contributed by atoms with Crippen molar-refractivity contribution < 1.29 is 9.53 Å². The molecule has 1 heterocycles. The van der Waals surface area contributed by atoms with E-state index in [4.69, 9.17) is 4.74 Å². The molecule has 0 bridgehead atoms. The second-order valence-corrected chi connectivity index (χ2v) is 4.69. The maximum atomic E-state index is 12.2. The molecule has 4 nitrogen and oxygen atoms in total. The van der Waals surface area contributed by atoms with E-state index in [9.17, 15) is 4.79 Å². The first-order valence-corrected chi connectivity index (χ1v) is 6.81. The largest absolute Gasteiger partial charge is 0.380 e. The van der Waals surface area contributed by atoms with Crippen LogP contribution in [0.1, 0.15) is 47.0 Å². The second-order valence-electron chi connectivity index (χ2n) is 4.69. The Balaban J connectivity index is 2.66. The van der Waals surface area contributed by atoms with Gasteiger partial charge in [0.1, 0.15) is 0 Å². The van der Waals surface area contributed by atoms with Crippen molar-refractivity contribution in [3.63, 3.8) is 0 Å². The smallest absolute Gasteiger partial charge is 0.241 e. The summed E-state index contributed by atoms with van der Waals surface area (Å²) in [6, 6.07) is 0.152. The molecule has 1 saturated heterocycles. The minimum absolute atomic E-state index is 0.00405. The highest BCUT2D eigenvalue weighted by Crippen LogP contribution is 2.20. The minimum Gasteiger partial charge on any atom is -0.380 e. The molecule has 0 aromatic carbocycles. The molecule has 0 aromatic heterocycles. The molecule has 17 heavy (non-hydrogen) atoms. The van der Waals surface area contributed by atoms with Crippen molar-refractivity contribution in [3.05, 3.63) is 0 Å². The SMILES string of the molecule is CCCC1NC(CC)C(=O)N1C(C)COCC. The summed E-state index contributed by atoms with van der Waals surface area (Å²) in [5.41, 5.74) is 0. The third kappa shape index (κ3) is 3.42. The van der Waals surface area contributed by atoms with E-state index in [1.54, 1.807) is 0 Å². The van der Waals surface area contributed by atoms with Crippen molar-refractivity contribution in [3.8, 4) is 0 Å². The molecule has 1 N–H and O–H groups in total. The summed E-state index contributed by atoms with van der Waals surface area (Å²) in [7, 11) is 0. The van der Waals surface area contributed by atoms with E-state index >= 15 is 0 Å². The number of hydrogen-bond donors (Lipinski definition) is 1. The van der Waals surface area contributed by atoms with Gasteiger partial charge in [0.25, 0.3) is 0 Å². The Morgan fingerprint density at radius 1 is 1.41 bits per heavy atom. The normalized spacial score (nSPS) is 26.6. The van der Waals surface area contributed by atoms with Crippen LogP contribution in [0, 0.1) is 0 Å². The predicted octanol–water partition coefficient (Wildman–Crippen LogP) is 1.75. The van der Waals surface area contributed by atoms with E-state index in [2.05, 4.69) is 26.1 Å². The second kappa shape index (κ2) is 6.97. The van der Waals surface area contributed by atoms with Crippen molar-refractivity contribution in [2.75, 3.05) is 13.2 Å². The van der Waals surface area contributed by atoms with Crippen molar-refractivity contribution in [2.45, 2.75) is 65.2 Å². The number of amides is 1. The molecule has 100 valence electrons. The molecule has 0 saturated carbocycles. The van der Waals surface area contributed by atoms with Gasteiger partial charge in [0, 0.05) is 6.61 Å². The number of carbonyl (C=O) groups excluding carboxylic acids is 1. The maximum Gasteiger partial charge on any atom is 0.241 e. The lowest BCUT2D eigenvalue weighted by molar-refractivity contribution is -0.133. The van der Waals surface area contributed by atoms with Gasteiger partial charge >= 0.3 is 0 Å². The van der Waals surface area contributed by atoms with Crippen LogP contribution in [-0.2, 0) is 9.53 Å². The highest BCUT2D eigenvalue weighted by molar-refractivity contribution is 5.84. The molecule has 3 unspecified atom stereocenters. The van der Waals surface area contributed by atoms with E-state index < -0.39 is 0 Å². The van der Waals surface area contributed by atoms with Crippen molar-refractivity contribution in [1.29, 1.82) is 0 Å². The van der Waals surface area contributed by atoms with Crippen LogP contribution in [0.4, 0.5) is 0 Å². The standard InChI is InChI=1S/C13H26N2O2/c1-5-8-12-14-11(6-2)13(16)15(12)10(4)9-17-7-3/h10-12,14H,5-9H2,1-4H3. The quantitative estimate of drug-likeness (QED) is 0.739. The fraction of sp³-hybridized carbons (Fsp3) is 0.923. The molecular weight excluding hydrogens is 216 g/mol. The lowest BCUT2D eigenvalue weighted by Crippen LogP contribution is -2.45. The van der Waals surface area contributed by atoms with E-state index in [0.29, 0.717) is 13.2 Å². The summed E-state index contributed by atoms with van der Waals surface area (Å²) in [4.78, 5) is 14.2. The molecule has 4 heteroatoms. The maximum absolute atomic E-state index is 12.2. The Hall–Kier alpha value is -0.610. The Bertz CT molecular complexity index is 246. The van der Waals surface area contributed by atoms with Gasteiger partial charge in [-0.2, -0.15) is 0 Å². The fourth-order valence-electron chi connectivity index (χ4n) is 2.40. The predicted molar refractivity (Wildman–Crippen MR) is 68.7 cm³/mol. The molecule has 0 spiro atoms. The van der Waals surface area contributed by atoms with Crippen LogP contribution in [0.5, 0.6) is 0 Å². The summed E-state index contributed by atoms with van der Waals surface area (Å²) in [5.74, 6) is 0.234. The lowest BCUT2D eigenvalue weighted by atomic mass is 10.2. The number of nitrogens with one attached hydrogen (secondary N) is 1. The molecule has 0 radical (unpaired) electrons. The topological polar surface area (TPSA) is 41.6 Å². The van der Waals surface area contributed by atoms with Crippen LogP contribution in [0.25, 0.3) is 0 Å². The van der Waals surface area contributed by atoms with Gasteiger partial charge in [-0.3, -0.25) is 10.1 Å². The van der Waals surface area contributed by atoms with E-state index in [1.807, 2.05) is 11.8 Å². The summed E-state index contributed by atoms with van der Waals surface area (Å²) in [6.45, 7) is 9.58. The van der Waals surface area contributed by atoms with Gasteiger partial charge in [-0.25, -0.2) is 0 Å². The number of nitrogens with zero attached hydrogens (tertiary/aromatic N) is 1. The number of rotatable bonds is 7. The van der Waals surface area contributed by atoms with Crippen LogP contribution in [0.15, 0.2) is 0 Å². The summed E-state index contributed by atoms with van der Waals surface area (Å²) >= 11 is 0. The molecule has 1 aliphatic heterocycles. The molecular formula is C13H26N2O2. The Labute approximate surface area is 105 Å². The third-order valence-corrected chi connectivity index (χ3v) is 3.29. The zero-order valence-corrected chi connectivity index (χ0v) is 11.5. The van der Waals surface area contributed by atoms with Gasteiger partial charge in [0.2, 0.25) is 5.91 Å². The lowest BCUT2D eigenvalue weighted by Gasteiger charge is -2.30. The van der Waals surface area contributed by atoms with Gasteiger partial charge in [-0.15, -0.1) is 0 Å². The monoisotopic (exact) mass is 242 g/mol. The summed E-state index contributed by atoms with van der Waals surface area (Å²) in [5, 5.41) is 3.42. The van der Waals surface area contributed by atoms with Gasteiger partial charge in [0.15, 0.2) is 0 Å². The number of hydrogen-bond acceptors (Lipinski definition) is 3. The molecule has 1 amide bonds. The highest BCUT2D eigenvalue weighted by atomic mass is 16.5. The first kappa shape index (κ1) is 14.5. The average molecular weight is 242 g/mol. The fourth-order valence-corrected chi connectivity index (χ4v) is 2.40. The zero-order chi connectivity index (χ0) is 12.8. The van der Waals surface area contributed by atoms with Crippen LogP contribution >= 0.6 is 0 Å². The van der Waals surface area contributed by atoms with Gasteiger partial charge in [0.05, 0.1) is 24.9 Å². The van der Waals surface area contributed by atoms with Crippen LogP contribution in [0.2, 0.25) is 0 Å². The molecule has 1 aliphatic rings. The average Bonchev–Trinajstić information content (AvgIpc) is 2.63. The minimum atomic E-state index is -0.00405. The van der Waals surface area contributed by atoms with E-state index in [0.717, 1.165) is 19.3 Å². The molecule has 1 rings (SSSR count). The first-order valence-electron chi connectivity index (χ1n) is 6.81. The first-order chi connectivity index (χ1) is 8.15. The van der Waals surface area contributed by atoms with Crippen molar-refractivity contribution in [2.24, 2.45) is 0 Å². The van der Waals surface area contributed by atoms with Gasteiger partial charge in [-0.05, 0) is 26.7 Å².